The standard InChI is InChI=1S/C17H22N2O3S/c1-17(21,15-10-12-4-2-3-5-14(12)23-15)11-18-16(20)19-13-6-8-22-9-7-13/h2-5,10,13,21H,6-9,11H2,1H3,(H2,18,19,20)/t17-/m0/s1. The highest BCUT2D eigenvalue weighted by Gasteiger charge is 2.26. The average molecular weight is 334 g/mol. The molecule has 1 aromatic heterocycles. The number of amides is 2. The molecular formula is C17H22N2O3S. The Kier molecular flexibility index (Phi) is 4.84. The van der Waals surface area contributed by atoms with Crippen molar-refractivity contribution in [1.82, 2.24) is 10.6 Å². The number of rotatable bonds is 4. The maximum Gasteiger partial charge on any atom is 0.315 e. The van der Waals surface area contributed by atoms with E-state index < -0.39 is 5.60 Å². The summed E-state index contributed by atoms with van der Waals surface area (Å²) in [6.07, 6.45) is 1.67. The van der Waals surface area contributed by atoms with Gasteiger partial charge in [0.15, 0.2) is 0 Å². The molecule has 0 unspecified atom stereocenters. The third-order valence-corrected chi connectivity index (χ3v) is 5.48. The molecule has 6 heteroatoms. The molecule has 0 saturated carbocycles. The molecule has 1 aliphatic rings. The molecule has 1 aromatic carbocycles. The molecule has 2 heterocycles. The number of thiophene rings is 1. The van der Waals surface area contributed by atoms with E-state index in [0.717, 1.165) is 27.8 Å². The minimum Gasteiger partial charge on any atom is -0.383 e. The van der Waals surface area contributed by atoms with Gasteiger partial charge in [-0.1, -0.05) is 18.2 Å². The summed E-state index contributed by atoms with van der Waals surface area (Å²) < 4.78 is 6.41. The van der Waals surface area contributed by atoms with Crippen molar-refractivity contribution in [2.45, 2.75) is 31.4 Å². The van der Waals surface area contributed by atoms with Gasteiger partial charge in [-0.2, -0.15) is 0 Å². The second kappa shape index (κ2) is 6.86. The first-order chi connectivity index (χ1) is 11.0. The Balaban J connectivity index is 1.58. The second-order valence-electron chi connectivity index (χ2n) is 6.14. The van der Waals surface area contributed by atoms with Crippen LogP contribution in [-0.4, -0.2) is 36.9 Å². The molecule has 0 bridgehead atoms. The average Bonchev–Trinajstić information content (AvgIpc) is 2.99. The van der Waals surface area contributed by atoms with Crippen LogP contribution < -0.4 is 10.6 Å². The number of carbonyl (C=O) groups excluding carboxylic acids is 1. The Morgan fingerprint density at radius 2 is 2.13 bits per heavy atom. The van der Waals surface area contributed by atoms with E-state index in [1.54, 1.807) is 18.3 Å². The van der Waals surface area contributed by atoms with Gasteiger partial charge in [0.05, 0.1) is 6.54 Å². The summed E-state index contributed by atoms with van der Waals surface area (Å²) in [6.45, 7) is 3.27. The third-order valence-electron chi connectivity index (χ3n) is 4.11. The fourth-order valence-corrected chi connectivity index (χ4v) is 3.77. The molecule has 0 spiro atoms. The minimum atomic E-state index is -1.09. The number of carbonyl (C=O) groups is 1. The van der Waals surface area contributed by atoms with Crippen LogP contribution in [0, 0.1) is 0 Å². The van der Waals surface area contributed by atoms with E-state index in [1.807, 2.05) is 30.3 Å². The highest BCUT2D eigenvalue weighted by molar-refractivity contribution is 7.19. The van der Waals surface area contributed by atoms with Crippen LogP contribution in [0.15, 0.2) is 30.3 Å². The van der Waals surface area contributed by atoms with Crippen LogP contribution in [0.2, 0.25) is 0 Å². The van der Waals surface area contributed by atoms with Crippen molar-refractivity contribution in [3.63, 3.8) is 0 Å². The Hall–Kier alpha value is -1.63. The summed E-state index contributed by atoms with van der Waals surface area (Å²) in [6, 6.07) is 9.92. The van der Waals surface area contributed by atoms with Gasteiger partial charge in [-0.25, -0.2) is 4.79 Å². The summed E-state index contributed by atoms with van der Waals surface area (Å²) in [5.74, 6) is 0. The van der Waals surface area contributed by atoms with Gasteiger partial charge in [0, 0.05) is 28.8 Å². The lowest BCUT2D eigenvalue weighted by Crippen LogP contribution is -2.48. The van der Waals surface area contributed by atoms with Gasteiger partial charge in [-0.3, -0.25) is 0 Å². The van der Waals surface area contributed by atoms with Crippen LogP contribution in [0.3, 0.4) is 0 Å². The van der Waals surface area contributed by atoms with Crippen molar-refractivity contribution in [3.05, 3.63) is 35.2 Å². The number of benzene rings is 1. The van der Waals surface area contributed by atoms with Crippen molar-refractivity contribution in [1.29, 1.82) is 0 Å². The Morgan fingerprint density at radius 3 is 2.87 bits per heavy atom. The van der Waals surface area contributed by atoms with Crippen molar-refractivity contribution < 1.29 is 14.6 Å². The molecule has 23 heavy (non-hydrogen) atoms. The lowest BCUT2D eigenvalue weighted by molar-refractivity contribution is 0.0614. The largest absolute Gasteiger partial charge is 0.383 e. The van der Waals surface area contributed by atoms with Crippen LogP contribution in [0.4, 0.5) is 4.79 Å². The van der Waals surface area contributed by atoms with E-state index in [4.69, 9.17) is 4.74 Å². The summed E-state index contributed by atoms with van der Waals surface area (Å²) in [4.78, 5) is 12.8. The van der Waals surface area contributed by atoms with Gasteiger partial charge in [-0.05, 0) is 37.3 Å². The Morgan fingerprint density at radius 1 is 1.39 bits per heavy atom. The van der Waals surface area contributed by atoms with Gasteiger partial charge in [0.1, 0.15) is 5.60 Å². The molecule has 2 aromatic rings. The minimum absolute atomic E-state index is 0.151. The summed E-state index contributed by atoms with van der Waals surface area (Å²) in [5.41, 5.74) is -1.09. The lowest BCUT2D eigenvalue weighted by atomic mass is 10.0. The van der Waals surface area contributed by atoms with Gasteiger partial charge in [0.25, 0.3) is 0 Å². The number of aliphatic hydroxyl groups is 1. The van der Waals surface area contributed by atoms with Gasteiger partial charge in [0.2, 0.25) is 0 Å². The highest BCUT2D eigenvalue weighted by atomic mass is 32.1. The fourth-order valence-electron chi connectivity index (χ4n) is 2.67. The fraction of sp³-hybridized carbons (Fsp3) is 0.471. The molecule has 3 rings (SSSR count). The van der Waals surface area contributed by atoms with Crippen molar-refractivity contribution in [2.75, 3.05) is 19.8 Å². The van der Waals surface area contributed by atoms with E-state index in [9.17, 15) is 9.90 Å². The summed E-state index contributed by atoms with van der Waals surface area (Å²) in [5, 5.41) is 17.5. The first-order valence-electron chi connectivity index (χ1n) is 7.88. The monoisotopic (exact) mass is 334 g/mol. The van der Waals surface area contributed by atoms with E-state index in [-0.39, 0.29) is 18.6 Å². The zero-order chi connectivity index (χ0) is 16.3. The Labute approximate surface area is 139 Å². The SMILES string of the molecule is C[C@](O)(CNC(=O)NC1CCOCC1)c1cc2ccccc2s1. The molecule has 1 atom stereocenters. The van der Waals surface area contributed by atoms with Crippen molar-refractivity contribution in [2.24, 2.45) is 0 Å². The van der Waals surface area contributed by atoms with Crippen LogP contribution in [0.25, 0.3) is 10.1 Å². The number of hydrogen-bond donors (Lipinski definition) is 3. The molecule has 0 aliphatic carbocycles. The number of nitrogens with one attached hydrogen (secondary N) is 2. The number of hydrogen-bond acceptors (Lipinski definition) is 4. The van der Waals surface area contributed by atoms with Crippen LogP contribution >= 0.6 is 11.3 Å². The quantitative estimate of drug-likeness (QED) is 0.805. The lowest BCUT2D eigenvalue weighted by Gasteiger charge is -2.25. The number of fused-ring (bicyclic) bond motifs is 1. The molecule has 1 aliphatic heterocycles. The molecule has 1 fully saturated rings. The smallest absolute Gasteiger partial charge is 0.315 e. The normalized spacial score (nSPS) is 18.5. The molecule has 2 amide bonds. The zero-order valence-electron chi connectivity index (χ0n) is 13.2. The van der Waals surface area contributed by atoms with Gasteiger partial charge >= 0.3 is 6.03 Å². The van der Waals surface area contributed by atoms with Gasteiger partial charge in [-0.15, -0.1) is 11.3 Å². The molecule has 5 nitrogen and oxygen atoms in total. The van der Waals surface area contributed by atoms with E-state index in [2.05, 4.69) is 10.6 Å². The third kappa shape index (κ3) is 4.02. The summed E-state index contributed by atoms with van der Waals surface area (Å²) in [7, 11) is 0. The topological polar surface area (TPSA) is 70.6 Å². The van der Waals surface area contributed by atoms with E-state index in [0.29, 0.717) is 13.2 Å². The number of urea groups is 1. The van der Waals surface area contributed by atoms with Crippen molar-refractivity contribution in [3.8, 4) is 0 Å². The maximum absolute atomic E-state index is 12.0. The van der Waals surface area contributed by atoms with E-state index in [1.165, 1.54) is 0 Å². The molecule has 1 saturated heterocycles. The highest BCUT2D eigenvalue weighted by Crippen LogP contribution is 2.32. The van der Waals surface area contributed by atoms with Crippen LogP contribution in [0.1, 0.15) is 24.6 Å². The summed E-state index contributed by atoms with van der Waals surface area (Å²) >= 11 is 1.55. The van der Waals surface area contributed by atoms with Gasteiger partial charge < -0.3 is 20.5 Å². The molecule has 124 valence electrons. The van der Waals surface area contributed by atoms with Crippen LogP contribution in [-0.2, 0) is 10.3 Å². The first kappa shape index (κ1) is 16.2. The van der Waals surface area contributed by atoms with Crippen LogP contribution in [0.5, 0.6) is 0 Å². The Bertz CT molecular complexity index is 644. The second-order valence-corrected chi connectivity index (χ2v) is 7.22. The van der Waals surface area contributed by atoms with E-state index >= 15 is 0 Å². The molecular weight excluding hydrogens is 312 g/mol. The predicted octanol–water partition coefficient (Wildman–Crippen LogP) is 2.59. The van der Waals surface area contributed by atoms with Crippen molar-refractivity contribution >= 4 is 27.5 Å². The molecule has 0 radical (unpaired) electrons. The predicted molar refractivity (Wildman–Crippen MR) is 91.8 cm³/mol. The maximum atomic E-state index is 12.0. The molecule has 3 N–H and O–H groups in total. The zero-order valence-corrected chi connectivity index (χ0v) is 14.0. The first-order valence-corrected chi connectivity index (χ1v) is 8.70. The number of ether oxygens (including phenoxy) is 1.